The maximum atomic E-state index is 13.2. The minimum absolute atomic E-state index is 0.114. The number of anilines is 1. The number of fused-ring (bicyclic) bond motifs is 1. The summed E-state index contributed by atoms with van der Waals surface area (Å²) in [4.78, 5) is 23.4. The number of amides is 1. The number of hydrogen-bond donors (Lipinski definition) is 0. The van der Waals surface area contributed by atoms with Crippen molar-refractivity contribution < 1.29 is 14.3 Å². The molecule has 3 aromatic rings. The summed E-state index contributed by atoms with van der Waals surface area (Å²) in [6.07, 6.45) is 0.474. The van der Waals surface area contributed by atoms with Crippen LogP contribution in [0.1, 0.15) is 6.42 Å². The molecular formula is C23H27N3O3S2. The molecule has 6 nitrogen and oxygen atoms in total. The lowest BCUT2D eigenvalue weighted by atomic mass is 10.3. The van der Waals surface area contributed by atoms with Gasteiger partial charge in [0.25, 0.3) is 0 Å². The van der Waals surface area contributed by atoms with Crippen LogP contribution in [0.3, 0.4) is 0 Å². The van der Waals surface area contributed by atoms with Gasteiger partial charge in [0.05, 0.1) is 30.5 Å². The highest BCUT2D eigenvalue weighted by Crippen LogP contribution is 2.32. The van der Waals surface area contributed by atoms with Gasteiger partial charge in [-0.25, -0.2) is 4.98 Å². The van der Waals surface area contributed by atoms with Gasteiger partial charge >= 0.3 is 0 Å². The summed E-state index contributed by atoms with van der Waals surface area (Å²) in [5, 5.41) is 0.756. The molecule has 2 aromatic carbocycles. The Morgan fingerprint density at radius 3 is 2.81 bits per heavy atom. The number of ether oxygens (including phenoxy) is 2. The molecule has 1 aliphatic rings. The lowest BCUT2D eigenvalue weighted by molar-refractivity contribution is -0.118. The van der Waals surface area contributed by atoms with Crippen molar-refractivity contribution in [1.82, 2.24) is 9.88 Å². The van der Waals surface area contributed by atoms with Crippen molar-refractivity contribution in [3.8, 4) is 5.75 Å². The first-order valence-corrected chi connectivity index (χ1v) is 12.3. The van der Waals surface area contributed by atoms with Crippen molar-refractivity contribution in [1.29, 1.82) is 0 Å². The molecule has 0 radical (unpaired) electrons. The summed E-state index contributed by atoms with van der Waals surface area (Å²) in [6.45, 7) is 4.77. The number of morpholine rings is 1. The van der Waals surface area contributed by atoms with Crippen LogP contribution in [0.2, 0.25) is 0 Å². The predicted octanol–water partition coefficient (Wildman–Crippen LogP) is 4.15. The molecule has 0 spiro atoms. The van der Waals surface area contributed by atoms with Crippen molar-refractivity contribution in [2.75, 3.05) is 57.2 Å². The number of rotatable bonds is 9. The van der Waals surface area contributed by atoms with E-state index in [1.165, 1.54) is 4.90 Å². The molecule has 0 N–H and O–H groups in total. The van der Waals surface area contributed by atoms with E-state index in [1.807, 2.05) is 41.3 Å². The average Bonchev–Trinajstić information content (AvgIpc) is 3.23. The molecule has 2 heterocycles. The molecule has 0 unspecified atom stereocenters. The zero-order chi connectivity index (χ0) is 21.5. The third kappa shape index (κ3) is 5.98. The molecule has 0 atom stereocenters. The van der Waals surface area contributed by atoms with E-state index < -0.39 is 0 Å². The van der Waals surface area contributed by atoms with E-state index >= 15 is 0 Å². The van der Waals surface area contributed by atoms with Crippen molar-refractivity contribution in [2.45, 2.75) is 11.3 Å². The van der Waals surface area contributed by atoms with Crippen LogP contribution in [-0.2, 0) is 9.53 Å². The first kappa shape index (κ1) is 22.1. The van der Waals surface area contributed by atoms with Crippen LogP contribution in [0.15, 0.2) is 53.4 Å². The van der Waals surface area contributed by atoms with Crippen molar-refractivity contribution in [2.24, 2.45) is 0 Å². The molecular weight excluding hydrogens is 430 g/mol. The predicted molar refractivity (Wildman–Crippen MR) is 128 cm³/mol. The third-order valence-corrected chi connectivity index (χ3v) is 7.26. The summed E-state index contributed by atoms with van der Waals surface area (Å²) in [7, 11) is 1.65. The summed E-state index contributed by atoms with van der Waals surface area (Å²) < 4.78 is 11.8. The van der Waals surface area contributed by atoms with Gasteiger partial charge in [0.2, 0.25) is 5.91 Å². The van der Waals surface area contributed by atoms with Gasteiger partial charge < -0.3 is 9.47 Å². The maximum Gasteiger partial charge on any atom is 0.229 e. The summed E-state index contributed by atoms with van der Waals surface area (Å²) >= 11 is 3.27. The quantitative estimate of drug-likeness (QED) is 0.450. The first-order chi connectivity index (χ1) is 15.2. The molecule has 4 rings (SSSR count). The Hall–Kier alpha value is -2.13. The van der Waals surface area contributed by atoms with Gasteiger partial charge in [-0.3, -0.25) is 14.6 Å². The summed E-state index contributed by atoms with van der Waals surface area (Å²) in [5.41, 5.74) is 0.863. The number of benzene rings is 2. The van der Waals surface area contributed by atoms with Crippen LogP contribution in [-0.4, -0.2) is 68.0 Å². The Labute approximate surface area is 191 Å². The Bertz CT molecular complexity index is 990. The molecule has 31 heavy (non-hydrogen) atoms. The van der Waals surface area contributed by atoms with Gasteiger partial charge in [-0.15, -0.1) is 11.8 Å². The van der Waals surface area contributed by atoms with Gasteiger partial charge in [0.1, 0.15) is 5.75 Å². The smallest absolute Gasteiger partial charge is 0.229 e. The number of carbonyl (C=O) groups excluding carboxylic acids is 1. The number of methoxy groups -OCH3 is 1. The van der Waals surface area contributed by atoms with Crippen molar-refractivity contribution in [3.63, 3.8) is 0 Å². The largest absolute Gasteiger partial charge is 0.497 e. The van der Waals surface area contributed by atoms with E-state index in [0.29, 0.717) is 13.0 Å². The molecule has 1 amide bonds. The molecule has 1 aliphatic heterocycles. The van der Waals surface area contributed by atoms with E-state index in [1.54, 1.807) is 30.2 Å². The maximum absolute atomic E-state index is 13.2. The van der Waals surface area contributed by atoms with Crippen LogP contribution in [0, 0.1) is 0 Å². The molecule has 1 saturated heterocycles. The molecule has 0 aliphatic carbocycles. The lowest BCUT2D eigenvalue weighted by Gasteiger charge is -2.29. The van der Waals surface area contributed by atoms with E-state index in [9.17, 15) is 4.79 Å². The number of nitrogens with zero attached hydrogens (tertiary/aromatic N) is 3. The topological polar surface area (TPSA) is 54.9 Å². The van der Waals surface area contributed by atoms with Gasteiger partial charge in [-0.1, -0.05) is 29.5 Å². The fourth-order valence-corrected chi connectivity index (χ4v) is 5.29. The van der Waals surface area contributed by atoms with Crippen molar-refractivity contribution in [3.05, 3.63) is 48.5 Å². The number of carbonyl (C=O) groups is 1. The van der Waals surface area contributed by atoms with Crippen LogP contribution in [0.4, 0.5) is 5.13 Å². The van der Waals surface area contributed by atoms with E-state index in [4.69, 9.17) is 14.5 Å². The fraction of sp³-hybridized carbons (Fsp3) is 0.391. The minimum atomic E-state index is 0.114. The first-order valence-electron chi connectivity index (χ1n) is 10.5. The number of thioether (sulfide) groups is 1. The second-order valence-electron chi connectivity index (χ2n) is 7.24. The fourth-order valence-electron chi connectivity index (χ4n) is 3.44. The van der Waals surface area contributed by atoms with Crippen molar-refractivity contribution >= 4 is 44.4 Å². The highest BCUT2D eigenvalue weighted by Gasteiger charge is 2.21. The monoisotopic (exact) mass is 457 g/mol. The van der Waals surface area contributed by atoms with E-state index in [-0.39, 0.29) is 5.91 Å². The number of thiazole rings is 1. The summed E-state index contributed by atoms with van der Waals surface area (Å²) in [5.74, 6) is 1.63. The van der Waals surface area contributed by atoms with Gasteiger partial charge in [0, 0.05) is 49.3 Å². The van der Waals surface area contributed by atoms with E-state index in [2.05, 4.69) is 17.0 Å². The second kappa shape index (κ2) is 10.9. The Kier molecular flexibility index (Phi) is 7.80. The zero-order valence-electron chi connectivity index (χ0n) is 17.7. The molecule has 1 fully saturated rings. The Morgan fingerprint density at radius 1 is 1.23 bits per heavy atom. The zero-order valence-corrected chi connectivity index (χ0v) is 19.3. The SMILES string of the molecule is COc1ccc2sc(N(CCN3CCOCC3)C(=O)CCSc3ccccc3)nc2c1. The number of aromatic nitrogens is 1. The van der Waals surface area contributed by atoms with Gasteiger partial charge in [0.15, 0.2) is 5.13 Å². The van der Waals surface area contributed by atoms with Gasteiger partial charge in [-0.05, 0) is 24.3 Å². The van der Waals surface area contributed by atoms with Crippen LogP contribution in [0.5, 0.6) is 5.75 Å². The highest BCUT2D eigenvalue weighted by molar-refractivity contribution is 7.99. The minimum Gasteiger partial charge on any atom is -0.497 e. The molecule has 0 bridgehead atoms. The molecule has 1 aromatic heterocycles. The molecule has 164 valence electrons. The Morgan fingerprint density at radius 2 is 2.03 bits per heavy atom. The molecule has 0 saturated carbocycles. The normalized spacial score (nSPS) is 14.6. The Balaban J connectivity index is 1.46. The molecule has 8 heteroatoms. The summed E-state index contributed by atoms with van der Waals surface area (Å²) in [6, 6.07) is 16.1. The van der Waals surface area contributed by atoms with Crippen LogP contribution in [0.25, 0.3) is 10.2 Å². The van der Waals surface area contributed by atoms with Crippen LogP contribution < -0.4 is 9.64 Å². The van der Waals surface area contributed by atoms with Gasteiger partial charge in [-0.2, -0.15) is 0 Å². The second-order valence-corrected chi connectivity index (χ2v) is 9.42. The standard InChI is InChI=1S/C23H27N3O3S2/c1-28-18-7-8-21-20(17-18)24-23(31-21)26(11-10-25-12-14-29-15-13-25)22(27)9-16-30-19-5-3-2-4-6-19/h2-8,17H,9-16H2,1H3. The average molecular weight is 458 g/mol. The third-order valence-electron chi connectivity index (χ3n) is 5.19. The lowest BCUT2D eigenvalue weighted by Crippen LogP contribution is -2.43. The number of hydrogen-bond acceptors (Lipinski definition) is 7. The van der Waals surface area contributed by atoms with E-state index in [0.717, 1.165) is 59.7 Å². The van der Waals surface area contributed by atoms with Crippen LogP contribution >= 0.6 is 23.1 Å². The highest BCUT2D eigenvalue weighted by atomic mass is 32.2.